The molecule has 1 unspecified atom stereocenters. The van der Waals surface area contributed by atoms with Crippen LogP contribution in [0.1, 0.15) is 29.0 Å². The number of nitrogens with zero attached hydrogens (tertiary/aromatic N) is 4. The summed E-state index contributed by atoms with van der Waals surface area (Å²) in [5.41, 5.74) is 1.16. The van der Waals surface area contributed by atoms with Crippen molar-refractivity contribution in [2.24, 2.45) is 0 Å². The average Bonchev–Trinajstić information content (AvgIpc) is 2.55. The number of halogens is 2. The lowest BCUT2D eigenvalue weighted by molar-refractivity contribution is -0.135. The zero-order chi connectivity index (χ0) is 15.5. The maximum absolute atomic E-state index is 12.5. The first kappa shape index (κ1) is 20.6. The Morgan fingerprint density at radius 2 is 2.04 bits per heavy atom. The molecule has 7 nitrogen and oxygen atoms in total. The molecule has 1 aromatic rings. The van der Waals surface area contributed by atoms with E-state index in [2.05, 4.69) is 15.3 Å². The van der Waals surface area contributed by atoms with Gasteiger partial charge in [-0.25, -0.2) is 4.98 Å². The second kappa shape index (κ2) is 9.15. The van der Waals surface area contributed by atoms with Crippen molar-refractivity contribution in [3.05, 3.63) is 23.8 Å². The van der Waals surface area contributed by atoms with Crippen molar-refractivity contribution in [1.82, 2.24) is 25.1 Å². The van der Waals surface area contributed by atoms with Crippen LogP contribution in [0.4, 0.5) is 0 Å². The Hall–Kier alpha value is -1.44. The van der Waals surface area contributed by atoms with Crippen molar-refractivity contribution in [3.63, 3.8) is 0 Å². The van der Waals surface area contributed by atoms with Gasteiger partial charge in [-0.1, -0.05) is 0 Å². The van der Waals surface area contributed by atoms with E-state index in [0.717, 1.165) is 31.6 Å². The molecule has 3 rings (SSSR count). The van der Waals surface area contributed by atoms with E-state index in [0.29, 0.717) is 25.3 Å². The number of rotatable bonds is 2. The lowest BCUT2D eigenvalue weighted by Crippen LogP contribution is -2.57. The number of aromatic nitrogens is 2. The first-order valence-corrected chi connectivity index (χ1v) is 7.73. The third-order valence-corrected chi connectivity index (χ3v) is 4.25. The van der Waals surface area contributed by atoms with Crippen molar-refractivity contribution in [1.29, 1.82) is 0 Å². The van der Waals surface area contributed by atoms with Gasteiger partial charge in [-0.3, -0.25) is 14.6 Å². The molecule has 0 bridgehead atoms. The molecule has 0 saturated carbocycles. The fourth-order valence-corrected chi connectivity index (χ4v) is 3.07. The van der Waals surface area contributed by atoms with Gasteiger partial charge in [0.05, 0.1) is 18.4 Å². The molecule has 3 heterocycles. The molecule has 2 aliphatic heterocycles. The fraction of sp³-hybridized carbons (Fsp3) is 0.600. The highest BCUT2D eigenvalue weighted by Crippen LogP contribution is 2.18. The van der Waals surface area contributed by atoms with E-state index in [1.807, 2.05) is 11.8 Å². The number of hydrogen-bond donors (Lipinski definition) is 1. The maximum Gasteiger partial charge on any atom is 0.274 e. The SMILES string of the molecule is Cc1cnc(C(=O)N2CCCC(N3CCNCC3=O)C2)cn1.Cl.Cl. The smallest absolute Gasteiger partial charge is 0.274 e. The number of piperidine rings is 1. The summed E-state index contributed by atoms with van der Waals surface area (Å²) >= 11 is 0. The summed E-state index contributed by atoms with van der Waals surface area (Å²) in [5, 5.41) is 3.08. The predicted molar refractivity (Wildman–Crippen MR) is 94.8 cm³/mol. The Bertz CT molecular complexity index is 569. The Morgan fingerprint density at radius 1 is 1.25 bits per heavy atom. The van der Waals surface area contributed by atoms with Crippen molar-refractivity contribution < 1.29 is 9.59 Å². The maximum atomic E-state index is 12.5. The summed E-state index contributed by atoms with van der Waals surface area (Å²) in [6.45, 7) is 5.07. The van der Waals surface area contributed by atoms with Gasteiger partial charge in [0, 0.05) is 38.4 Å². The highest BCUT2D eigenvalue weighted by molar-refractivity contribution is 5.92. The van der Waals surface area contributed by atoms with Crippen LogP contribution >= 0.6 is 24.8 Å². The number of piperazine rings is 1. The highest BCUT2D eigenvalue weighted by atomic mass is 35.5. The van der Waals surface area contributed by atoms with Gasteiger partial charge in [0.2, 0.25) is 5.91 Å². The minimum Gasteiger partial charge on any atom is -0.336 e. The standard InChI is InChI=1S/C15H21N5O2.2ClH/c1-11-7-18-13(8-17-11)15(22)19-5-2-3-12(10-19)20-6-4-16-9-14(20)21;;/h7-8,12,16H,2-6,9-10H2,1H3;2*1H. The third-order valence-electron chi connectivity index (χ3n) is 4.25. The van der Waals surface area contributed by atoms with E-state index in [1.165, 1.54) is 6.20 Å². The van der Waals surface area contributed by atoms with Gasteiger partial charge in [0.1, 0.15) is 5.69 Å². The number of nitrogens with one attached hydrogen (secondary N) is 1. The van der Waals surface area contributed by atoms with Crippen LogP contribution in [0.3, 0.4) is 0 Å². The van der Waals surface area contributed by atoms with E-state index >= 15 is 0 Å². The molecule has 2 saturated heterocycles. The van der Waals surface area contributed by atoms with Crippen LogP contribution in [0.15, 0.2) is 12.4 Å². The van der Waals surface area contributed by atoms with Crippen molar-refractivity contribution in [2.45, 2.75) is 25.8 Å². The van der Waals surface area contributed by atoms with Crippen LogP contribution in [0, 0.1) is 6.92 Å². The number of carbonyl (C=O) groups excluding carboxylic acids is 2. The minimum atomic E-state index is -0.0974. The summed E-state index contributed by atoms with van der Waals surface area (Å²) in [6, 6.07) is 0.116. The summed E-state index contributed by atoms with van der Waals surface area (Å²) in [4.78, 5) is 36.5. The van der Waals surface area contributed by atoms with E-state index in [9.17, 15) is 9.59 Å². The molecule has 2 fully saturated rings. The van der Waals surface area contributed by atoms with Crippen molar-refractivity contribution in [3.8, 4) is 0 Å². The van der Waals surface area contributed by atoms with Crippen molar-refractivity contribution in [2.75, 3.05) is 32.7 Å². The van der Waals surface area contributed by atoms with E-state index in [4.69, 9.17) is 0 Å². The zero-order valence-electron chi connectivity index (χ0n) is 13.6. The third kappa shape index (κ3) is 4.55. The predicted octanol–water partition coefficient (Wildman–Crippen LogP) is 0.665. The van der Waals surface area contributed by atoms with Gasteiger partial charge in [0.15, 0.2) is 0 Å². The summed E-state index contributed by atoms with van der Waals surface area (Å²) in [5.74, 6) is 0.0282. The quantitative estimate of drug-likeness (QED) is 0.821. The molecule has 0 spiro atoms. The molecule has 2 amide bonds. The molecule has 24 heavy (non-hydrogen) atoms. The largest absolute Gasteiger partial charge is 0.336 e. The van der Waals surface area contributed by atoms with Gasteiger partial charge in [-0.2, -0.15) is 0 Å². The molecular weight excluding hydrogens is 353 g/mol. The molecule has 1 N–H and O–H groups in total. The lowest BCUT2D eigenvalue weighted by Gasteiger charge is -2.41. The van der Waals surface area contributed by atoms with Crippen molar-refractivity contribution >= 4 is 36.6 Å². The van der Waals surface area contributed by atoms with Crippen LogP contribution in [-0.2, 0) is 4.79 Å². The van der Waals surface area contributed by atoms with Crippen LogP contribution < -0.4 is 5.32 Å². The Labute approximate surface area is 154 Å². The Kier molecular flexibility index (Phi) is 7.86. The van der Waals surface area contributed by atoms with Gasteiger partial charge in [-0.05, 0) is 19.8 Å². The minimum absolute atomic E-state index is 0. The Balaban J connectivity index is 0.00000144. The number of amides is 2. The molecule has 1 aromatic heterocycles. The molecule has 1 atom stereocenters. The van der Waals surface area contributed by atoms with Crippen LogP contribution in [-0.4, -0.2) is 70.3 Å². The Morgan fingerprint density at radius 3 is 2.71 bits per heavy atom. The lowest BCUT2D eigenvalue weighted by atomic mass is 10.0. The van der Waals surface area contributed by atoms with E-state index in [-0.39, 0.29) is 42.7 Å². The topological polar surface area (TPSA) is 78.4 Å². The summed E-state index contributed by atoms with van der Waals surface area (Å²) in [7, 11) is 0. The first-order chi connectivity index (χ1) is 10.6. The van der Waals surface area contributed by atoms with Crippen LogP contribution in [0.2, 0.25) is 0 Å². The van der Waals surface area contributed by atoms with Gasteiger partial charge in [-0.15, -0.1) is 24.8 Å². The van der Waals surface area contributed by atoms with Gasteiger partial charge in [0.25, 0.3) is 5.91 Å². The van der Waals surface area contributed by atoms with E-state index in [1.54, 1.807) is 11.1 Å². The molecule has 0 aliphatic carbocycles. The normalized spacial score (nSPS) is 20.9. The second-order valence-electron chi connectivity index (χ2n) is 5.85. The highest BCUT2D eigenvalue weighted by Gasteiger charge is 2.32. The number of hydrogen-bond acceptors (Lipinski definition) is 5. The first-order valence-electron chi connectivity index (χ1n) is 7.73. The number of carbonyl (C=O) groups is 2. The van der Waals surface area contributed by atoms with E-state index < -0.39 is 0 Å². The average molecular weight is 376 g/mol. The molecule has 134 valence electrons. The molecule has 9 heteroatoms. The van der Waals surface area contributed by atoms with Crippen LogP contribution in [0.5, 0.6) is 0 Å². The zero-order valence-corrected chi connectivity index (χ0v) is 15.2. The molecule has 0 radical (unpaired) electrons. The van der Waals surface area contributed by atoms with Gasteiger partial charge < -0.3 is 15.1 Å². The fourth-order valence-electron chi connectivity index (χ4n) is 3.07. The number of aryl methyl sites for hydroxylation is 1. The molecular formula is C15H23Cl2N5O2. The number of likely N-dealkylation sites (tertiary alicyclic amines) is 1. The summed E-state index contributed by atoms with van der Waals surface area (Å²) in [6.07, 6.45) is 4.99. The monoisotopic (exact) mass is 375 g/mol. The van der Waals surface area contributed by atoms with Gasteiger partial charge >= 0.3 is 0 Å². The van der Waals surface area contributed by atoms with Crippen LogP contribution in [0.25, 0.3) is 0 Å². The second-order valence-corrected chi connectivity index (χ2v) is 5.85. The molecule has 2 aliphatic rings. The summed E-state index contributed by atoms with van der Waals surface area (Å²) < 4.78 is 0. The molecule has 0 aromatic carbocycles.